The van der Waals surface area contributed by atoms with Gasteiger partial charge in [-0.05, 0) is 47.4 Å². The summed E-state index contributed by atoms with van der Waals surface area (Å²) in [5.41, 5.74) is 2.20. The van der Waals surface area contributed by atoms with Crippen LogP contribution in [-0.4, -0.2) is 22.1 Å². The van der Waals surface area contributed by atoms with E-state index in [1.807, 2.05) is 18.2 Å². The summed E-state index contributed by atoms with van der Waals surface area (Å²) in [5.74, 6) is 1.15. The molecular weight excluding hydrogens is 457 g/mol. The van der Waals surface area contributed by atoms with E-state index in [9.17, 15) is 13.2 Å². The molecule has 0 spiro atoms. The number of halogens is 3. The topological polar surface area (TPSA) is 69.2 Å². The molecule has 35 heavy (non-hydrogen) atoms. The minimum absolute atomic E-state index is 0.0617. The molecule has 0 radical (unpaired) electrons. The summed E-state index contributed by atoms with van der Waals surface area (Å²) in [6.45, 7) is 6.51. The molecule has 0 aliphatic carbocycles. The zero-order chi connectivity index (χ0) is 25.0. The lowest BCUT2D eigenvalue weighted by molar-refractivity contribution is -0.137. The molecule has 180 valence electrons. The van der Waals surface area contributed by atoms with Gasteiger partial charge in [0.25, 0.3) is 0 Å². The Morgan fingerprint density at radius 2 is 1.83 bits per heavy atom. The molecule has 0 unspecified atom stereocenters. The highest BCUT2D eigenvalue weighted by molar-refractivity contribution is 5.98. The molecule has 1 aliphatic heterocycles. The summed E-state index contributed by atoms with van der Waals surface area (Å²) in [6, 6.07) is 11.4. The number of hydrogen-bond donors (Lipinski definition) is 1. The number of nitrogens with zero attached hydrogens (tertiary/aromatic N) is 3. The summed E-state index contributed by atoms with van der Waals surface area (Å²) in [7, 11) is 1.53. The van der Waals surface area contributed by atoms with E-state index in [-0.39, 0.29) is 29.1 Å². The summed E-state index contributed by atoms with van der Waals surface area (Å²) >= 11 is 0. The van der Waals surface area contributed by atoms with Crippen LogP contribution >= 0.6 is 0 Å². The predicted molar refractivity (Wildman–Crippen MR) is 127 cm³/mol. The highest BCUT2D eigenvalue weighted by Gasteiger charge is 2.35. The van der Waals surface area contributed by atoms with E-state index in [0.29, 0.717) is 28.3 Å². The fourth-order valence-electron chi connectivity index (χ4n) is 4.04. The molecule has 0 bridgehead atoms. The van der Waals surface area contributed by atoms with E-state index >= 15 is 0 Å². The van der Waals surface area contributed by atoms with E-state index < -0.39 is 11.7 Å². The van der Waals surface area contributed by atoms with Gasteiger partial charge in [-0.15, -0.1) is 0 Å². The Bertz CT molecular complexity index is 1450. The van der Waals surface area contributed by atoms with Gasteiger partial charge in [-0.3, -0.25) is 4.98 Å². The molecule has 1 aromatic carbocycles. The fourth-order valence-corrected chi connectivity index (χ4v) is 4.04. The number of alkyl halides is 3. The molecule has 5 rings (SSSR count). The first kappa shape index (κ1) is 23.0. The quantitative estimate of drug-likeness (QED) is 0.300. The number of benzene rings is 1. The Labute approximate surface area is 200 Å². The summed E-state index contributed by atoms with van der Waals surface area (Å²) in [5, 5.41) is 4.04. The second-order valence-electron chi connectivity index (χ2n) is 9.35. The molecule has 1 N–H and O–H groups in total. The van der Waals surface area contributed by atoms with Crippen LogP contribution in [0.25, 0.3) is 22.4 Å². The largest absolute Gasteiger partial charge is 0.451 e. The van der Waals surface area contributed by atoms with Crippen molar-refractivity contribution in [2.75, 3.05) is 12.4 Å². The van der Waals surface area contributed by atoms with Gasteiger partial charge in [-0.25, -0.2) is 9.97 Å². The Morgan fingerprint density at radius 1 is 1.03 bits per heavy atom. The third-order valence-electron chi connectivity index (χ3n) is 5.83. The van der Waals surface area contributed by atoms with Crippen molar-refractivity contribution in [1.29, 1.82) is 0 Å². The SMILES string of the molecule is COCc1nc2nc(-c3ncccc3C(F)(F)F)ccc2c2c1Oc1ccc(C(C)(C)C)cc1N2. The zero-order valence-electron chi connectivity index (χ0n) is 19.6. The number of anilines is 2. The average Bonchev–Trinajstić information content (AvgIpc) is 2.81. The Hall–Kier alpha value is -3.72. The first-order valence-electron chi connectivity index (χ1n) is 11.0. The molecule has 0 fully saturated rings. The molecule has 0 atom stereocenters. The summed E-state index contributed by atoms with van der Waals surface area (Å²) in [4.78, 5) is 13.0. The lowest BCUT2D eigenvalue weighted by Gasteiger charge is -2.27. The van der Waals surface area contributed by atoms with Gasteiger partial charge in [0.15, 0.2) is 17.1 Å². The normalized spacial score (nSPS) is 13.1. The third kappa shape index (κ3) is 4.16. The third-order valence-corrected chi connectivity index (χ3v) is 5.83. The standard InChI is InChI=1S/C26H23F3N4O2/c1-25(2,3)14-7-10-20-18(12-14)31-21-15-8-9-17(22-16(26(27,28)29)6-5-11-30-22)32-24(15)33-19(13-34-4)23(21)35-20/h5-12,31H,13H2,1-4H3. The van der Waals surface area contributed by atoms with Gasteiger partial charge in [-0.2, -0.15) is 13.2 Å². The second-order valence-corrected chi connectivity index (χ2v) is 9.35. The average molecular weight is 480 g/mol. The van der Waals surface area contributed by atoms with Gasteiger partial charge in [-0.1, -0.05) is 26.8 Å². The minimum atomic E-state index is -4.56. The van der Waals surface area contributed by atoms with Gasteiger partial charge >= 0.3 is 6.18 Å². The fraction of sp³-hybridized carbons (Fsp3) is 0.269. The lowest BCUT2D eigenvalue weighted by atomic mass is 9.86. The molecule has 1 aliphatic rings. The highest BCUT2D eigenvalue weighted by atomic mass is 19.4. The summed E-state index contributed by atoms with van der Waals surface area (Å²) in [6.07, 6.45) is -3.25. The molecule has 4 aromatic rings. The zero-order valence-corrected chi connectivity index (χ0v) is 19.6. The van der Waals surface area contributed by atoms with Crippen LogP contribution in [0.3, 0.4) is 0 Å². The van der Waals surface area contributed by atoms with E-state index in [2.05, 4.69) is 41.0 Å². The maximum absolute atomic E-state index is 13.6. The molecule has 4 heterocycles. The maximum atomic E-state index is 13.6. The number of pyridine rings is 3. The van der Waals surface area contributed by atoms with Crippen LogP contribution in [0.4, 0.5) is 24.5 Å². The number of ether oxygens (including phenoxy) is 2. The van der Waals surface area contributed by atoms with Crippen molar-refractivity contribution in [3.05, 3.63) is 65.5 Å². The molecule has 9 heteroatoms. The van der Waals surface area contributed by atoms with E-state index in [1.54, 1.807) is 6.07 Å². The van der Waals surface area contributed by atoms with E-state index in [0.717, 1.165) is 17.3 Å². The van der Waals surface area contributed by atoms with Gasteiger partial charge in [0.1, 0.15) is 11.4 Å². The van der Waals surface area contributed by atoms with Crippen LogP contribution in [0.15, 0.2) is 48.7 Å². The first-order chi connectivity index (χ1) is 16.6. The van der Waals surface area contributed by atoms with Gasteiger partial charge in [0.2, 0.25) is 0 Å². The Morgan fingerprint density at radius 3 is 2.54 bits per heavy atom. The van der Waals surface area contributed by atoms with Gasteiger partial charge in [0, 0.05) is 18.7 Å². The van der Waals surface area contributed by atoms with Crippen LogP contribution < -0.4 is 10.1 Å². The van der Waals surface area contributed by atoms with Crippen molar-refractivity contribution in [2.45, 2.75) is 39.0 Å². The van der Waals surface area contributed by atoms with Crippen molar-refractivity contribution in [2.24, 2.45) is 0 Å². The molecule has 3 aromatic heterocycles. The number of rotatable bonds is 3. The number of methoxy groups -OCH3 is 1. The van der Waals surface area contributed by atoms with Crippen LogP contribution in [0, 0.1) is 0 Å². The Balaban J connectivity index is 1.67. The van der Waals surface area contributed by atoms with Crippen LogP contribution in [0.1, 0.15) is 37.6 Å². The summed E-state index contributed by atoms with van der Waals surface area (Å²) < 4.78 is 52.2. The van der Waals surface area contributed by atoms with Crippen molar-refractivity contribution in [3.63, 3.8) is 0 Å². The molecular formula is C26H23F3N4O2. The van der Waals surface area contributed by atoms with E-state index in [4.69, 9.17) is 9.47 Å². The number of fused-ring (bicyclic) bond motifs is 4. The van der Waals surface area contributed by atoms with Crippen molar-refractivity contribution in [3.8, 4) is 22.9 Å². The molecule has 0 saturated carbocycles. The van der Waals surface area contributed by atoms with Crippen molar-refractivity contribution >= 4 is 22.4 Å². The number of aromatic nitrogens is 3. The molecule has 6 nitrogen and oxygen atoms in total. The maximum Gasteiger partial charge on any atom is 0.418 e. The first-order valence-corrected chi connectivity index (χ1v) is 11.0. The highest BCUT2D eigenvalue weighted by Crippen LogP contribution is 2.48. The lowest BCUT2D eigenvalue weighted by Crippen LogP contribution is -2.13. The van der Waals surface area contributed by atoms with Gasteiger partial charge in [0.05, 0.1) is 29.2 Å². The van der Waals surface area contributed by atoms with Crippen LogP contribution in [0.5, 0.6) is 11.5 Å². The number of hydrogen-bond acceptors (Lipinski definition) is 6. The smallest absolute Gasteiger partial charge is 0.418 e. The minimum Gasteiger partial charge on any atom is -0.451 e. The monoisotopic (exact) mass is 480 g/mol. The van der Waals surface area contributed by atoms with Gasteiger partial charge < -0.3 is 14.8 Å². The number of nitrogens with one attached hydrogen (secondary N) is 1. The molecule has 0 amide bonds. The Kier molecular flexibility index (Phi) is 5.40. The second kappa shape index (κ2) is 8.20. The van der Waals surface area contributed by atoms with Crippen LogP contribution in [0.2, 0.25) is 0 Å². The van der Waals surface area contributed by atoms with Crippen LogP contribution in [-0.2, 0) is 22.9 Å². The predicted octanol–water partition coefficient (Wildman–Crippen LogP) is 7.00. The van der Waals surface area contributed by atoms with E-state index in [1.165, 1.54) is 25.4 Å². The molecule has 0 saturated heterocycles. The van der Waals surface area contributed by atoms with Crippen molar-refractivity contribution in [1.82, 2.24) is 15.0 Å². The van der Waals surface area contributed by atoms with Crippen molar-refractivity contribution < 1.29 is 22.6 Å².